The van der Waals surface area contributed by atoms with Gasteiger partial charge in [-0.3, -0.25) is 4.79 Å². The molecule has 1 saturated heterocycles. The summed E-state index contributed by atoms with van der Waals surface area (Å²) in [5.41, 5.74) is 0.330. The molecule has 1 aliphatic rings. The van der Waals surface area contributed by atoms with Gasteiger partial charge in [0.05, 0.1) is 19.1 Å². The number of hydrogen-bond acceptors (Lipinski definition) is 8. The molecule has 0 aromatic heterocycles. The van der Waals surface area contributed by atoms with Crippen molar-refractivity contribution < 1.29 is 30.0 Å². The number of halogens is 1. The van der Waals surface area contributed by atoms with Crippen molar-refractivity contribution in [1.29, 1.82) is 0 Å². The summed E-state index contributed by atoms with van der Waals surface area (Å²) in [4.78, 5) is 13.4. The first-order valence-electron chi connectivity index (χ1n) is 6.94. The Hall–Kier alpha value is -1.56. The van der Waals surface area contributed by atoms with Crippen LogP contribution in [-0.4, -0.2) is 59.8 Å². The van der Waals surface area contributed by atoms with E-state index in [-0.39, 0.29) is 42.9 Å². The van der Waals surface area contributed by atoms with Gasteiger partial charge in [0, 0.05) is 25.2 Å². The van der Waals surface area contributed by atoms with E-state index in [0.717, 1.165) is 12.5 Å². The van der Waals surface area contributed by atoms with Gasteiger partial charge in [-0.15, -0.1) is 12.4 Å². The lowest BCUT2D eigenvalue weighted by Gasteiger charge is -2.28. The van der Waals surface area contributed by atoms with E-state index < -0.39 is 20.2 Å². The number of carbonyl (C=O) groups excluding carboxylic acids is 1. The maximum atomic E-state index is 11.9. The molecule has 25 heavy (non-hydrogen) atoms. The molecule has 12 heteroatoms. The summed E-state index contributed by atoms with van der Waals surface area (Å²) in [6.07, 6.45) is 1.79. The maximum absolute atomic E-state index is 11.9. The molecular weight excluding hydrogens is 396 g/mol. The van der Waals surface area contributed by atoms with Gasteiger partial charge in [-0.25, -0.2) is 0 Å². The van der Waals surface area contributed by atoms with E-state index in [1.54, 1.807) is 0 Å². The molecule has 1 amide bonds. The predicted octanol–water partition coefficient (Wildman–Crippen LogP) is -0.283. The lowest BCUT2D eigenvalue weighted by Crippen LogP contribution is -2.47. The fourth-order valence-electron chi connectivity index (χ4n) is 2.17. The van der Waals surface area contributed by atoms with Crippen LogP contribution < -0.4 is 13.7 Å². The number of rotatable bonds is 6. The number of hydrogen-bond donors (Lipinski definition) is 1. The first-order valence-corrected chi connectivity index (χ1v) is 10.6. The van der Waals surface area contributed by atoms with Crippen LogP contribution in [0.4, 0.5) is 0 Å². The Bertz CT molecular complexity index is 840. The molecule has 0 saturated carbocycles. The van der Waals surface area contributed by atoms with Crippen LogP contribution >= 0.6 is 12.4 Å². The number of carbonyl (C=O) groups is 1. The number of benzene rings is 1. The third-order valence-corrected chi connectivity index (χ3v) is 4.05. The quantitative estimate of drug-likeness (QED) is 0.631. The number of amides is 1. The zero-order chi connectivity index (χ0) is 18.0. The number of piperazine rings is 1. The van der Waals surface area contributed by atoms with Gasteiger partial charge >= 0.3 is 20.2 Å². The largest absolute Gasteiger partial charge is 0.383 e. The topological polar surface area (TPSA) is 119 Å². The zero-order valence-electron chi connectivity index (χ0n) is 13.6. The van der Waals surface area contributed by atoms with Gasteiger partial charge in [0.15, 0.2) is 0 Å². The highest BCUT2D eigenvalue weighted by molar-refractivity contribution is 7.86. The van der Waals surface area contributed by atoms with Crippen LogP contribution in [0.25, 0.3) is 0 Å². The number of nitrogens with one attached hydrogen (secondary N) is 1. The molecule has 142 valence electrons. The van der Waals surface area contributed by atoms with Crippen molar-refractivity contribution in [2.45, 2.75) is 6.54 Å². The van der Waals surface area contributed by atoms with Gasteiger partial charge in [0.25, 0.3) is 0 Å². The van der Waals surface area contributed by atoms with Crippen molar-refractivity contribution in [3.8, 4) is 11.5 Å². The Kier molecular flexibility index (Phi) is 7.06. The van der Waals surface area contributed by atoms with Crippen molar-refractivity contribution in [2.75, 3.05) is 32.1 Å². The van der Waals surface area contributed by atoms with Crippen molar-refractivity contribution in [3.05, 3.63) is 23.8 Å². The molecule has 1 aromatic rings. The molecule has 0 spiro atoms. The summed E-state index contributed by atoms with van der Waals surface area (Å²) in [6, 6.07) is 3.92. The summed E-state index contributed by atoms with van der Waals surface area (Å²) in [6.45, 7) is 1.30. The summed E-state index contributed by atoms with van der Waals surface area (Å²) < 4.78 is 55.0. The third kappa shape index (κ3) is 7.06. The molecule has 1 N–H and O–H groups in total. The molecule has 0 radical (unpaired) electrons. The monoisotopic (exact) mass is 414 g/mol. The Morgan fingerprint density at radius 2 is 1.76 bits per heavy atom. The molecule has 1 aromatic carbocycles. The molecule has 0 aliphatic carbocycles. The lowest BCUT2D eigenvalue weighted by molar-refractivity contribution is -0.132. The smallest absolute Gasteiger partial charge is 0.306 e. The van der Waals surface area contributed by atoms with Crippen LogP contribution in [-0.2, 0) is 31.6 Å². The molecule has 0 bridgehead atoms. The van der Waals surface area contributed by atoms with Gasteiger partial charge in [0.2, 0.25) is 5.91 Å². The van der Waals surface area contributed by atoms with Gasteiger partial charge in [-0.2, -0.15) is 16.8 Å². The summed E-state index contributed by atoms with van der Waals surface area (Å²) in [5, 5.41) is 2.92. The minimum absolute atomic E-state index is 0. The Balaban J connectivity index is 0.00000312. The molecule has 1 fully saturated rings. The molecule has 9 nitrogen and oxygen atoms in total. The normalized spacial score (nSPS) is 15.4. The summed E-state index contributed by atoms with van der Waals surface area (Å²) in [7, 11) is -7.51. The van der Waals surface area contributed by atoms with Crippen molar-refractivity contribution in [3.63, 3.8) is 0 Å². The maximum Gasteiger partial charge on any atom is 0.306 e. The standard InChI is InChI=1S/C13H18N2O7S2.ClH/c1-23(17,18)21-11-3-4-12(22-24(2,19)20)10(7-11)9-15-6-5-14-8-13(15)16;/h3-4,7,14H,5-6,8-9H2,1-2H3;1H. The fraction of sp³-hybridized carbons (Fsp3) is 0.462. The van der Waals surface area contributed by atoms with E-state index in [1.807, 2.05) is 0 Å². The Labute approximate surface area is 153 Å². The second-order valence-corrected chi connectivity index (χ2v) is 8.49. The van der Waals surface area contributed by atoms with Gasteiger partial charge in [0.1, 0.15) is 11.5 Å². The SMILES string of the molecule is CS(=O)(=O)Oc1ccc(OS(C)(=O)=O)c(CN2CCNCC2=O)c1.Cl. The lowest BCUT2D eigenvalue weighted by atomic mass is 10.1. The first-order chi connectivity index (χ1) is 11.0. The van der Waals surface area contributed by atoms with Crippen molar-refractivity contribution >= 4 is 38.6 Å². The third-order valence-electron chi connectivity index (χ3n) is 3.07. The average molecular weight is 415 g/mol. The molecule has 0 unspecified atom stereocenters. The van der Waals surface area contributed by atoms with E-state index in [9.17, 15) is 21.6 Å². The van der Waals surface area contributed by atoms with E-state index >= 15 is 0 Å². The van der Waals surface area contributed by atoms with E-state index in [1.165, 1.54) is 23.1 Å². The average Bonchev–Trinajstić information content (AvgIpc) is 2.41. The molecule has 2 rings (SSSR count). The zero-order valence-corrected chi connectivity index (χ0v) is 16.0. The van der Waals surface area contributed by atoms with E-state index in [0.29, 0.717) is 18.7 Å². The Morgan fingerprint density at radius 3 is 2.32 bits per heavy atom. The molecule has 1 aliphatic heterocycles. The van der Waals surface area contributed by atoms with Crippen LogP contribution in [0.1, 0.15) is 5.56 Å². The highest BCUT2D eigenvalue weighted by Gasteiger charge is 2.21. The highest BCUT2D eigenvalue weighted by atomic mass is 35.5. The van der Waals surface area contributed by atoms with Crippen LogP contribution in [0.15, 0.2) is 18.2 Å². The molecule has 1 heterocycles. The van der Waals surface area contributed by atoms with Crippen LogP contribution in [0, 0.1) is 0 Å². The summed E-state index contributed by atoms with van der Waals surface area (Å²) in [5.74, 6) is -0.124. The van der Waals surface area contributed by atoms with Gasteiger partial charge in [-0.05, 0) is 18.2 Å². The fourth-order valence-corrected chi connectivity index (χ4v) is 3.11. The summed E-state index contributed by atoms with van der Waals surface area (Å²) >= 11 is 0. The molecule has 0 atom stereocenters. The van der Waals surface area contributed by atoms with E-state index in [4.69, 9.17) is 8.37 Å². The predicted molar refractivity (Wildman–Crippen MR) is 92.9 cm³/mol. The Morgan fingerprint density at radius 1 is 1.12 bits per heavy atom. The minimum Gasteiger partial charge on any atom is -0.383 e. The van der Waals surface area contributed by atoms with Crippen LogP contribution in [0.3, 0.4) is 0 Å². The number of nitrogens with zero attached hydrogens (tertiary/aromatic N) is 1. The highest BCUT2D eigenvalue weighted by Crippen LogP contribution is 2.27. The minimum atomic E-state index is -3.78. The second kappa shape index (κ2) is 8.21. The van der Waals surface area contributed by atoms with Crippen LogP contribution in [0.5, 0.6) is 11.5 Å². The molecular formula is C13H19ClN2O7S2. The van der Waals surface area contributed by atoms with Crippen molar-refractivity contribution in [2.24, 2.45) is 0 Å². The van der Waals surface area contributed by atoms with Gasteiger partial charge in [-0.1, -0.05) is 0 Å². The second-order valence-electron chi connectivity index (χ2n) is 5.34. The van der Waals surface area contributed by atoms with Crippen LogP contribution in [0.2, 0.25) is 0 Å². The van der Waals surface area contributed by atoms with Crippen molar-refractivity contribution in [1.82, 2.24) is 10.2 Å². The van der Waals surface area contributed by atoms with Gasteiger partial charge < -0.3 is 18.6 Å². The van der Waals surface area contributed by atoms with E-state index in [2.05, 4.69) is 5.32 Å². The first kappa shape index (κ1) is 21.5.